The Kier molecular flexibility index (Phi) is 6.42. The molecule has 0 aliphatic carbocycles. The van der Waals surface area contributed by atoms with Crippen LogP contribution < -0.4 is 10.1 Å². The van der Waals surface area contributed by atoms with Gasteiger partial charge in [-0.1, -0.05) is 6.07 Å². The number of rotatable bonds is 7. The molecule has 0 heterocycles. The molecular weight excluding hydrogens is 275 g/mol. The first-order valence-corrected chi connectivity index (χ1v) is 6.93. The summed E-state index contributed by atoms with van der Waals surface area (Å²) in [6.45, 7) is 5.26. The maximum absolute atomic E-state index is 12.1. The van der Waals surface area contributed by atoms with Gasteiger partial charge in [-0.25, -0.2) is 9.18 Å². The van der Waals surface area contributed by atoms with Gasteiger partial charge in [0, 0.05) is 18.3 Å². The molecule has 118 valence electrons. The Morgan fingerprint density at radius 2 is 2.19 bits per heavy atom. The van der Waals surface area contributed by atoms with E-state index in [1.165, 1.54) is 4.90 Å². The van der Waals surface area contributed by atoms with E-state index in [-0.39, 0.29) is 19.2 Å². The van der Waals surface area contributed by atoms with Gasteiger partial charge in [0.15, 0.2) is 0 Å². The van der Waals surface area contributed by atoms with Gasteiger partial charge in [-0.3, -0.25) is 0 Å². The van der Waals surface area contributed by atoms with E-state index in [2.05, 4.69) is 5.32 Å². The molecule has 0 saturated heterocycles. The predicted molar refractivity (Wildman–Crippen MR) is 80.5 cm³/mol. The molecule has 0 radical (unpaired) electrons. The normalized spacial score (nSPS) is 11.1. The van der Waals surface area contributed by atoms with E-state index < -0.39 is 12.3 Å². The Morgan fingerprint density at radius 1 is 1.48 bits per heavy atom. The zero-order valence-corrected chi connectivity index (χ0v) is 12.7. The molecule has 0 atom stereocenters. The van der Waals surface area contributed by atoms with Crippen LogP contribution in [0.1, 0.15) is 20.8 Å². The fourth-order valence-electron chi connectivity index (χ4n) is 1.82. The molecule has 0 bridgehead atoms. The summed E-state index contributed by atoms with van der Waals surface area (Å²) in [6, 6.07) is 6.46. The molecule has 6 heteroatoms. The molecule has 2 amide bonds. The van der Waals surface area contributed by atoms with Crippen LogP contribution in [0.15, 0.2) is 24.3 Å². The predicted octanol–water partition coefficient (Wildman–Crippen LogP) is 2.66. The summed E-state index contributed by atoms with van der Waals surface area (Å²) in [5.41, 5.74) is -0.398. The largest absolute Gasteiger partial charge is 0.491 e. The van der Waals surface area contributed by atoms with Crippen LogP contribution in [0, 0.1) is 0 Å². The molecule has 1 aromatic rings. The Hall–Kier alpha value is -1.82. The highest BCUT2D eigenvalue weighted by Gasteiger charge is 2.21. The van der Waals surface area contributed by atoms with Gasteiger partial charge < -0.3 is 20.1 Å². The minimum atomic E-state index is -0.959. The van der Waals surface area contributed by atoms with Gasteiger partial charge in [0.25, 0.3) is 0 Å². The van der Waals surface area contributed by atoms with Gasteiger partial charge >= 0.3 is 6.03 Å². The van der Waals surface area contributed by atoms with Crippen LogP contribution in [0.2, 0.25) is 0 Å². The second kappa shape index (κ2) is 7.83. The number of ether oxygens (including phenoxy) is 1. The molecule has 0 fully saturated rings. The summed E-state index contributed by atoms with van der Waals surface area (Å²) in [5, 5.41) is 12.5. The first-order chi connectivity index (χ1) is 9.85. The van der Waals surface area contributed by atoms with Crippen LogP contribution in [-0.4, -0.2) is 48.0 Å². The zero-order valence-electron chi connectivity index (χ0n) is 12.7. The van der Waals surface area contributed by atoms with Gasteiger partial charge in [-0.2, -0.15) is 0 Å². The molecule has 0 aliphatic rings. The smallest absolute Gasteiger partial charge is 0.321 e. The van der Waals surface area contributed by atoms with E-state index in [1.807, 2.05) is 6.92 Å². The molecule has 0 aliphatic heterocycles. The van der Waals surface area contributed by atoms with Crippen molar-refractivity contribution >= 4 is 11.7 Å². The quantitative estimate of drug-likeness (QED) is 0.813. The van der Waals surface area contributed by atoms with Crippen LogP contribution >= 0.6 is 0 Å². The standard InChI is InChI=1S/C15H23FN2O3/c1-4-18(11-15(2,3)20)14(19)17-12-6-5-7-13(10-12)21-9-8-16/h5-7,10,20H,4,8-9,11H2,1-3H3,(H,17,19). The minimum absolute atomic E-state index is 0.0167. The topological polar surface area (TPSA) is 61.8 Å². The number of likely N-dealkylation sites (N-methyl/N-ethyl adjacent to an activating group) is 1. The van der Waals surface area contributed by atoms with Crippen LogP contribution in [0.3, 0.4) is 0 Å². The number of alkyl halides is 1. The zero-order chi connectivity index (χ0) is 15.9. The number of halogens is 1. The van der Waals surface area contributed by atoms with E-state index in [4.69, 9.17) is 4.74 Å². The number of aliphatic hydroxyl groups is 1. The molecular formula is C15H23FN2O3. The monoisotopic (exact) mass is 298 g/mol. The highest BCUT2D eigenvalue weighted by Crippen LogP contribution is 2.18. The van der Waals surface area contributed by atoms with Crippen molar-refractivity contribution < 1.29 is 19.0 Å². The molecule has 21 heavy (non-hydrogen) atoms. The molecule has 1 rings (SSSR count). The number of anilines is 1. The number of carbonyl (C=O) groups is 1. The third kappa shape index (κ3) is 6.44. The summed E-state index contributed by atoms with van der Waals surface area (Å²) >= 11 is 0. The average molecular weight is 298 g/mol. The number of benzene rings is 1. The van der Waals surface area contributed by atoms with Crippen LogP contribution in [0.25, 0.3) is 0 Å². The van der Waals surface area contributed by atoms with E-state index in [9.17, 15) is 14.3 Å². The number of nitrogens with zero attached hydrogens (tertiary/aromatic N) is 1. The maximum atomic E-state index is 12.1. The van der Waals surface area contributed by atoms with Crippen molar-refractivity contribution in [3.63, 3.8) is 0 Å². The van der Waals surface area contributed by atoms with Crippen molar-refractivity contribution in [2.75, 3.05) is 31.7 Å². The number of carbonyl (C=O) groups excluding carboxylic acids is 1. The van der Waals surface area contributed by atoms with E-state index in [1.54, 1.807) is 38.1 Å². The van der Waals surface area contributed by atoms with Crippen molar-refractivity contribution in [3.8, 4) is 5.75 Å². The highest BCUT2D eigenvalue weighted by atomic mass is 19.1. The molecule has 0 aromatic heterocycles. The lowest BCUT2D eigenvalue weighted by molar-refractivity contribution is 0.0501. The summed E-state index contributed by atoms with van der Waals surface area (Å²) in [7, 11) is 0. The summed E-state index contributed by atoms with van der Waals surface area (Å²) < 4.78 is 17.2. The number of urea groups is 1. The lowest BCUT2D eigenvalue weighted by Gasteiger charge is -2.28. The van der Waals surface area contributed by atoms with Crippen molar-refractivity contribution in [2.45, 2.75) is 26.4 Å². The summed E-state index contributed by atoms with van der Waals surface area (Å²) in [6.07, 6.45) is 0. The van der Waals surface area contributed by atoms with Crippen LogP contribution in [0.5, 0.6) is 5.75 Å². The van der Waals surface area contributed by atoms with E-state index in [0.29, 0.717) is 18.0 Å². The lowest BCUT2D eigenvalue weighted by Crippen LogP contribution is -2.44. The Bertz CT molecular complexity index is 460. The SMILES string of the molecule is CCN(CC(C)(C)O)C(=O)Nc1cccc(OCCF)c1. The van der Waals surface area contributed by atoms with Crippen LogP contribution in [-0.2, 0) is 0 Å². The van der Waals surface area contributed by atoms with Crippen molar-refractivity contribution in [3.05, 3.63) is 24.3 Å². The Labute approximate surface area is 124 Å². The summed E-state index contributed by atoms with van der Waals surface area (Å²) in [4.78, 5) is 13.7. The van der Waals surface area contributed by atoms with E-state index in [0.717, 1.165) is 0 Å². The Morgan fingerprint density at radius 3 is 2.76 bits per heavy atom. The fourth-order valence-corrected chi connectivity index (χ4v) is 1.82. The molecule has 0 unspecified atom stereocenters. The third-order valence-corrected chi connectivity index (χ3v) is 2.68. The van der Waals surface area contributed by atoms with Crippen LogP contribution in [0.4, 0.5) is 14.9 Å². The molecule has 0 saturated carbocycles. The van der Waals surface area contributed by atoms with Crippen molar-refractivity contribution in [2.24, 2.45) is 0 Å². The van der Waals surface area contributed by atoms with Gasteiger partial charge in [0.05, 0.1) is 12.1 Å². The van der Waals surface area contributed by atoms with Gasteiger partial charge in [0.2, 0.25) is 0 Å². The molecule has 2 N–H and O–H groups in total. The number of hydrogen-bond acceptors (Lipinski definition) is 3. The number of hydrogen-bond donors (Lipinski definition) is 2. The number of amides is 2. The molecule has 1 aromatic carbocycles. The van der Waals surface area contributed by atoms with Gasteiger partial charge in [-0.05, 0) is 32.9 Å². The van der Waals surface area contributed by atoms with Crippen molar-refractivity contribution in [1.29, 1.82) is 0 Å². The minimum Gasteiger partial charge on any atom is -0.491 e. The summed E-state index contributed by atoms with van der Waals surface area (Å²) in [5.74, 6) is 0.496. The molecule has 0 spiro atoms. The molecule has 5 nitrogen and oxygen atoms in total. The first kappa shape index (κ1) is 17.2. The van der Waals surface area contributed by atoms with E-state index >= 15 is 0 Å². The second-order valence-electron chi connectivity index (χ2n) is 5.32. The lowest BCUT2D eigenvalue weighted by atomic mass is 10.1. The maximum Gasteiger partial charge on any atom is 0.321 e. The fraction of sp³-hybridized carbons (Fsp3) is 0.533. The first-order valence-electron chi connectivity index (χ1n) is 6.93. The average Bonchev–Trinajstić information content (AvgIpc) is 2.42. The van der Waals surface area contributed by atoms with Crippen molar-refractivity contribution in [1.82, 2.24) is 4.90 Å². The second-order valence-corrected chi connectivity index (χ2v) is 5.32. The van der Waals surface area contributed by atoms with Gasteiger partial charge in [-0.15, -0.1) is 0 Å². The van der Waals surface area contributed by atoms with Gasteiger partial charge in [0.1, 0.15) is 19.0 Å². The highest BCUT2D eigenvalue weighted by molar-refractivity contribution is 5.89. The third-order valence-electron chi connectivity index (χ3n) is 2.68. The number of nitrogens with one attached hydrogen (secondary N) is 1. The Balaban J connectivity index is 2.68.